The third-order valence-corrected chi connectivity index (χ3v) is 12.6. The Morgan fingerprint density at radius 1 is 1.20 bits per heavy atom. The lowest BCUT2D eigenvalue weighted by atomic mass is 9.91. The normalized spacial score (nSPS) is 18.2. The molecule has 1 aliphatic rings. The van der Waals surface area contributed by atoms with Gasteiger partial charge in [-0.05, 0) is 73.7 Å². The van der Waals surface area contributed by atoms with Gasteiger partial charge >= 0.3 is 12.1 Å². The van der Waals surface area contributed by atoms with Crippen LogP contribution in [0.2, 0.25) is 18.1 Å². The summed E-state index contributed by atoms with van der Waals surface area (Å²) < 4.78 is 16.8. The molecule has 0 spiro atoms. The van der Waals surface area contributed by atoms with Gasteiger partial charge in [-0.3, -0.25) is 19.8 Å². The van der Waals surface area contributed by atoms with E-state index >= 15 is 0 Å². The van der Waals surface area contributed by atoms with Crippen molar-refractivity contribution in [2.45, 2.75) is 77.8 Å². The van der Waals surface area contributed by atoms with Crippen molar-refractivity contribution in [2.24, 2.45) is 11.7 Å². The number of nitrogens with two attached hydrogens (primary N) is 1. The van der Waals surface area contributed by atoms with Gasteiger partial charge in [0.2, 0.25) is 5.91 Å². The number of hydrogen-bond donors (Lipinski definition) is 1. The minimum absolute atomic E-state index is 0.0313. The quantitative estimate of drug-likeness (QED) is 0.0830. The lowest BCUT2D eigenvalue weighted by Gasteiger charge is -2.50. The van der Waals surface area contributed by atoms with Gasteiger partial charge in [-0.15, -0.1) is 11.8 Å². The Kier molecular flexibility index (Phi) is 11.1. The van der Waals surface area contributed by atoms with Crippen LogP contribution in [0.1, 0.15) is 47.1 Å². The topological polar surface area (TPSA) is 151 Å². The van der Waals surface area contributed by atoms with Crippen molar-refractivity contribution in [1.82, 2.24) is 4.90 Å². The van der Waals surface area contributed by atoms with Crippen LogP contribution in [-0.2, 0) is 30.1 Å². The van der Waals surface area contributed by atoms with Gasteiger partial charge in [0.15, 0.2) is 8.32 Å². The van der Waals surface area contributed by atoms with E-state index in [-0.39, 0.29) is 35.5 Å². The highest BCUT2D eigenvalue weighted by Crippen LogP contribution is 2.45. The van der Waals surface area contributed by atoms with Crippen LogP contribution >= 0.6 is 11.8 Å². The molecule has 1 aromatic rings. The Balaban J connectivity index is 2.27. The average molecular weight is 594 g/mol. The molecule has 220 valence electrons. The molecule has 1 saturated heterocycles. The average Bonchev–Trinajstić information content (AvgIpc) is 2.83. The summed E-state index contributed by atoms with van der Waals surface area (Å²) in [4.78, 5) is 49.5. The molecule has 0 aromatic heterocycles. The van der Waals surface area contributed by atoms with Gasteiger partial charge in [0.25, 0.3) is 5.69 Å². The molecule has 11 nitrogen and oxygen atoms in total. The predicted molar refractivity (Wildman–Crippen MR) is 155 cm³/mol. The molecule has 1 aliphatic heterocycles. The van der Waals surface area contributed by atoms with Crippen molar-refractivity contribution in [2.75, 3.05) is 6.61 Å². The first kappa shape index (κ1) is 33.0. The standard InChI is InChI=1S/C27H39N3O8SSi/c1-17(2)22(25(32)37-16-19-10-12-20(13-11-19)30(34)35)29-23(31)21(18(3)38-40(7,8)27(4,5)6)24(29)39-15-9-14-36-26(28)33/h9-13,15,18,21,24H,14,16H2,1-8H3,(H2,28,33)/t18-,21?,24?/m1/s1. The van der Waals surface area contributed by atoms with E-state index in [9.17, 15) is 24.5 Å². The summed E-state index contributed by atoms with van der Waals surface area (Å²) in [6, 6.07) is 5.68. The predicted octanol–water partition coefficient (Wildman–Crippen LogP) is 5.47. The zero-order valence-corrected chi connectivity index (χ0v) is 26.1. The number of likely N-dealkylation sites (tertiary alicyclic amines) is 1. The Labute approximate surface area is 240 Å². The van der Waals surface area contributed by atoms with E-state index < -0.39 is 42.7 Å². The Hall–Kier alpha value is -3.16. The van der Waals surface area contributed by atoms with E-state index in [1.54, 1.807) is 25.3 Å². The van der Waals surface area contributed by atoms with E-state index in [0.29, 0.717) is 11.1 Å². The Bertz CT molecular complexity index is 1170. The second kappa shape index (κ2) is 13.5. The second-order valence-corrected chi connectivity index (χ2v) is 17.0. The zero-order valence-electron chi connectivity index (χ0n) is 24.3. The number of carbonyl (C=O) groups excluding carboxylic acids is 3. The van der Waals surface area contributed by atoms with Crippen LogP contribution in [-0.4, -0.2) is 54.2 Å². The smallest absolute Gasteiger partial charge is 0.404 e. The highest BCUT2D eigenvalue weighted by molar-refractivity contribution is 8.02. The summed E-state index contributed by atoms with van der Waals surface area (Å²) in [7, 11) is -2.20. The molecule has 2 amide bonds. The van der Waals surface area contributed by atoms with Crippen molar-refractivity contribution >= 4 is 43.7 Å². The van der Waals surface area contributed by atoms with Gasteiger partial charge < -0.3 is 19.6 Å². The van der Waals surface area contributed by atoms with Crippen molar-refractivity contribution in [3.63, 3.8) is 0 Å². The van der Waals surface area contributed by atoms with Crippen LogP contribution in [0.4, 0.5) is 10.5 Å². The molecule has 0 bridgehead atoms. The van der Waals surface area contributed by atoms with Crippen molar-refractivity contribution in [3.05, 3.63) is 62.7 Å². The second-order valence-electron chi connectivity index (χ2n) is 11.2. The summed E-state index contributed by atoms with van der Waals surface area (Å²) in [5.41, 5.74) is 6.23. The maximum absolute atomic E-state index is 13.6. The maximum atomic E-state index is 13.6. The van der Waals surface area contributed by atoms with Gasteiger partial charge in [0.05, 0.1) is 16.9 Å². The highest BCUT2D eigenvalue weighted by Gasteiger charge is 2.55. The number of hydrogen-bond acceptors (Lipinski definition) is 9. The molecule has 2 unspecified atom stereocenters. The summed E-state index contributed by atoms with van der Waals surface area (Å²) in [6.07, 6.45) is 0.293. The molecule has 0 aliphatic carbocycles. The number of primary amides is 1. The SMILES string of the molecule is CC(C)=C(C(=O)OCc1ccc([N+](=O)[O-])cc1)N1C(=O)C([C@@H](C)O[Si](C)(C)C(C)(C)C)C1SC=CCOC(N)=O. The monoisotopic (exact) mass is 593 g/mol. The molecular weight excluding hydrogens is 554 g/mol. The molecule has 3 atom stereocenters. The number of nitro groups is 1. The van der Waals surface area contributed by atoms with Gasteiger partial charge in [0.1, 0.15) is 24.3 Å². The molecule has 2 N–H and O–H groups in total. The lowest BCUT2D eigenvalue weighted by Crippen LogP contribution is -2.64. The third-order valence-electron chi connectivity index (χ3n) is 6.94. The molecule has 0 radical (unpaired) electrons. The molecular formula is C27H39N3O8SSi. The Morgan fingerprint density at radius 3 is 2.30 bits per heavy atom. The van der Waals surface area contributed by atoms with E-state index in [0.717, 1.165) is 0 Å². The van der Waals surface area contributed by atoms with Crippen LogP contribution in [0, 0.1) is 16.0 Å². The van der Waals surface area contributed by atoms with Crippen LogP contribution in [0.25, 0.3) is 0 Å². The molecule has 1 heterocycles. The first-order chi connectivity index (χ1) is 18.5. The van der Waals surface area contributed by atoms with E-state index in [4.69, 9.17) is 19.6 Å². The van der Waals surface area contributed by atoms with Crippen LogP contribution in [0.3, 0.4) is 0 Å². The highest BCUT2D eigenvalue weighted by atomic mass is 32.2. The first-order valence-corrected chi connectivity index (χ1v) is 16.6. The molecule has 1 fully saturated rings. The van der Waals surface area contributed by atoms with Crippen LogP contribution < -0.4 is 5.73 Å². The number of β-lactam (4-membered cyclic amide) rings is 1. The maximum Gasteiger partial charge on any atom is 0.404 e. The number of amides is 2. The number of benzene rings is 1. The summed E-state index contributed by atoms with van der Waals surface area (Å²) in [5.74, 6) is -1.47. The number of non-ortho nitro benzene ring substituents is 1. The van der Waals surface area contributed by atoms with Gasteiger partial charge in [-0.1, -0.05) is 20.8 Å². The largest absolute Gasteiger partial charge is 0.456 e. The van der Waals surface area contributed by atoms with Crippen molar-refractivity contribution in [3.8, 4) is 0 Å². The van der Waals surface area contributed by atoms with Gasteiger partial charge in [-0.25, -0.2) is 9.59 Å². The van der Waals surface area contributed by atoms with Gasteiger partial charge in [-0.2, -0.15) is 0 Å². The third kappa shape index (κ3) is 8.18. The number of allylic oxidation sites excluding steroid dienone is 1. The summed E-state index contributed by atoms with van der Waals surface area (Å²) in [5, 5.41) is 12.1. The zero-order chi connectivity index (χ0) is 30.4. The number of thioether (sulfide) groups is 1. The number of carbonyl (C=O) groups is 3. The molecule has 1 aromatic carbocycles. The number of nitro benzene ring substituents is 1. The van der Waals surface area contributed by atoms with E-state index in [1.807, 2.05) is 6.92 Å². The number of ether oxygens (including phenoxy) is 2. The summed E-state index contributed by atoms with van der Waals surface area (Å²) in [6.45, 7) is 15.8. The summed E-state index contributed by atoms with van der Waals surface area (Å²) >= 11 is 1.30. The Morgan fingerprint density at radius 2 is 1.80 bits per heavy atom. The minimum atomic E-state index is -2.20. The fourth-order valence-corrected chi connectivity index (χ4v) is 6.42. The minimum Gasteiger partial charge on any atom is -0.456 e. The molecule has 0 saturated carbocycles. The van der Waals surface area contributed by atoms with Gasteiger partial charge in [0, 0.05) is 12.1 Å². The van der Waals surface area contributed by atoms with Crippen LogP contribution in [0.5, 0.6) is 0 Å². The number of nitrogens with zero attached hydrogens (tertiary/aromatic N) is 2. The van der Waals surface area contributed by atoms with Crippen molar-refractivity contribution in [1.29, 1.82) is 0 Å². The van der Waals surface area contributed by atoms with E-state index in [1.165, 1.54) is 40.9 Å². The van der Waals surface area contributed by atoms with Crippen LogP contribution in [0.15, 0.2) is 47.0 Å². The first-order valence-electron chi connectivity index (χ1n) is 12.8. The number of rotatable bonds is 12. The van der Waals surface area contributed by atoms with Crippen molar-refractivity contribution < 1.29 is 33.2 Å². The number of esters is 1. The lowest BCUT2D eigenvalue weighted by molar-refractivity contribution is -0.384. The molecule has 13 heteroatoms. The fraction of sp³-hybridized carbons (Fsp3) is 0.519. The van der Waals surface area contributed by atoms with E-state index in [2.05, 4.69) is 33.9 Å². The molecule has 40 heavy (non-hydrogen) atoms. The molecule has 2 rings (SSSR count). The fourth-order valence-electron chi connectivity index (χ4n) is 3.80.